The molecule has 2 heterocycles. The van der Waals surface area contributed by atoms with Gasteiger partial charge in [-0.15, -0.1) is 0 Å². The molecule has 0 saturated heterocycles. The van der Waals surface area contributed by atoms with E-state index in [0.717, 1.165) is 11.8 Å². The van der Waals surface area contributed by atoms with Crippen LogP contribution in [-0.2, 0) is 16.6 Å². The maximum atomic E-state index is 13.4. The number of nitrogens with one attached hydrogen (secondary N) is 1. The van der Waals surface area contributed by atoms with Crippen molar-refractivity contribution in [1.82, 2.24) is 5.27 Å². The first-order chi connectivity index (χ1) is 17.4. The number of para-hydroxylation sites is 1. The zero-order chi connectivity index (χ0) is 25.7. The zero-order valence-corrected chi connectivity index (χ0v) is 20.9. The summed E-state index contributed by atoms with van der Waals surface area (Å²) in [7, 11) is 6.22. The van der Waals surface area contributed by atoms with Crippen LogP contribution in [0.2, 0.25) is 0 Å². The van der Waals surface area contributed by atoms with Crippen molar-refractivity contribution in [2.45, 2.75) is 0 Å². The van der Waals surface area contributed by atoms with Crippen molar-refractivity contribution >= 4 is 46.4 Å². The third kappa shape index (κ3) is 5.33. The van der Waals surface area contributed by atoms with Crippen LogP contribution in [0.4, 0.5) is 11.6 Å². The van der Waals surface area contributed by atoms with Gasteiger partial charge in [-0.1, -0.05) is 34.6 Å². The molecule has 4 rings (SSSR count). The number of methoxy groups -OCH3 is 3. The Kier molecular flexibility index (Phi) is 7.54. The summed E-state index contributed by atoms with van der Waals surface area (Å²) in [5.41, 5.74) is 1.45. The fraction of sp³-hybridized carbons (Fsp3) is 0.208. The summed E-state index contributed by atoms with van der Waals surface area (Å²) in [5.74, 6) is 0.891. The number of ether oxygens (including phenoxy) is 3. The van der Waals surface area contributed by atoms with E-state index in [1.165, 1.54) is 37.1 Å². The largest absolute Gasteiger partial charge is 0.493 e. The minimum Gasteiger partial charge on any atom is -0.493 e. The SMILES string of the molecule is COc1cc(/C=C2/N=C(SCC(=O)Nc3c[n+](C)no3)N(c3ccccc3)C2=O)cc(OC)c1OC. The van der Waals surface area contributed by atoms with E-state index in [0.29, 0.717) is 33.7 Å². The Morgan fingerprint density at radius 3 is 2.42 bits per heavy atom. The third-order valence-corrected chi connectivity index (χ3v) is 5.94. The summed E-state index contributed by atoms with van der Waals surface area (Å²) in [5, 5.41) is 6.65. The number of carbonyl (C=O) groups excluding carboxylic acids is 2. The number of thioether (sulfide) groups is 1. The number of carbonyl (C=O) groups is 2. The van der Waals surface area contributed by atoms with Crippen molar-refractivity contribution in [3.05, 3.63) is 59.9 Å². The lowest BCUT2D eigenvalue weighted by Crippen LogP contribution is -2.31. The number of rotatable bonds is 8. The number of benzene rings is 2. The molecule has 1 aliphatic heterocycles. The van der Waals surface area contributed by atoms with Crippen LogP contribution >= 0.6 is 11.8 Å². The number of aliphatic imine (C=N–C) groups is 1. The lowest BCUT2D eigenvalue weighted by Gasteiger charge is -2.17. The van der Waals surface area contributed by atoms with Crippen molar-refractivity contribution in [3.63, 3.8) is 0 Å². The fourth-order valence-electron chi connectivity index (χ4n) is 3.42. The van der Waals surface area contributed by atoms with Gasteiger partial charge < -0.3 is 14.2 Å². The van der Waals surface area contributed by atoms with Gasteiger partial charge in [-0.2, -0.15) is 0 Å². The number of anilines is 2. The number of nitrogens with zero attached hydrogens (tertiary/aromatic N) is 4. The molecule has 3 aromatic rings. The molecule has 0 atom stereocenters. The van der Waals surface area contributed by atoms with Crippen LogP contribution in [0.15, 0.2) is 63.9 Å². The van der Waals surface area contributed by atoms with Gasteiger partial charge in [0.1, 0.15) is 5.70 Å². The molecular weight excluding hydrogens is 486 g/mol. The zero-order valence-electron chi connectivity index (χ0n) is 20.0. The molecule has 0 radical (unpaired) electrons. The summed E-state index contributed by atoms with van der Waals surface area (Å²) in [6.45, 7) is 0. The molecule has 1 aromatic heterocycles. The van der Waals surface area contributed by atoms with Gasteiger partial charge in [-0.3, -0.25) is 24.3 Å². The molecule has 12 heteroatoms. The second kappa shape index (κ2) is 11.0. The van der Waals surface area contributed by atoms with E-state index in [2.05, 4.69) is 15.6 Å². The molecule has 36 heavy (non-hydrogen) atoms. The number of aryl methyl sites for hydroxylation is 1. The highest BCUT2D eigenvalue weighted by Gasteiger charge is 2.32. The highest BCUT2D eigenvalue weighted by Crippen LogP contribution is 2.39. The van der Waals surface area contributed by atoms with E-state index in [-0.39, 0.29) is 29.1 Å². The molecule has 0 saturated carbocycles. The van der Waals surface area contributed by atoms with E-state index in [9.17, 15) is 9.59 Å². The predicted molar refractivity (Wildman–Crippen MR) is 134 cm³/mol. The van der Waals surface area contributed by atoms with E-state index >= 15 is 0 Å². The number of hydrogen-bond donors (Lipinski definition) is 1. The summed E-state index contributed by atoms with van der Waals surface area (Å²) in [6.07, 6.45) is 3.17. The Bertz CT molecular complexity index is 1310. The van der Waals surface area contributed by atoms with Gasteiger partial charge in [0.25, 0.3) is 12.1 Å². The summed E-state index contributed by atoms with van der Waals surface area (Å²) in [6, 6.07) is 12.5. The minimum atomic E-state index is -0.333. The Labute approximate surface area is 211 Å². The van der Waals surface area contributed by atoms with Crippen LogP contribution in [-0.4, -0.2) is 49.3 Å². The fourth-order valence-corrected chi connectivity index (χ4v) is 4.24. The predicted octanol–water partition coefficient (Wildman–Crippen LogP) is 2.64. The molecule has 1 N–H and O–H groups in total. The molecule has 0 unspecified atom stereocenters. The number of amidine groups is 1. The van der Waals surface area contributed by atoms with E-state index in [1.807, 2.05) is 18.2 Å². The molecule has 2 amide bonds. The van der Waals surface area contributed by atoms with Crippen LogP contribution in [0.5, 0.6) is 17.2 Å². The first kappa shape index (κ1) is 24.8. The van der Waals surface area contributed by atoms with Crippen LogP contribution in [0.1, 0.15) is 5.56 Å². The Morgan fingerprint density at radius 2 is 1.83 bits per heavy atom. The lowest BCUT2D eigenvalue weighted by molar-refractivity contribution is -0.739. The molecule has 186 valence electrons. The smallest absolute Gasteiger partial charge is 0.302 e. The van der Waals surface area contributed by atoms with Crippen molar-refractivity contribution in [2.24, 2.45) is 12.0 Å². The van der Waals surface area contributed by atoms with Gasteiger partial charge in [-0.25, -0.2) is 4.99 Å². The second-order valence-electron chi connectivity index (χ2n) is 7.44. The maximum Gasteiger partial charge on any atom is 0.302 e. The first-order valence-electron chi connectivity index (χ1n) is 10.7. The van der Waals surface area contributed by atoms with Gasteiger partial charge in [0.2, 0.25) is 11.7 Å². The number of aromatic nitrogens is 2. The number of hydrogen-bond acceptors (Lipinski definition) is 9. The topological polar surface area (TPSA) is 119 Å². The van der Waals surface area contributed by atoms with Crippen molar-refractivity contribution in [2.75, 3.05) is 37.3 Å². The molecule has 0 bridgehead atoms. The highest BCUT2D eigenvalue weighted by molar-refractivity contribution is 8.14. The first-order valence-corrected chi connectivity index (χ1v) is 11.7. The summed E-state index contributed by atoms with van der Waals surface area (Å²) >= 11 is 1.12. The molecule has 1 aliphatic rings. The quantitative estimate of drug-likeness (QED) is 0.363. The van der Waals surface area contributed by atoms with Gasteiger partial charge in [0, 0.05) is 0 Å². The van der Waals surface area contributed by atoms with Crippen LogP contribution in [0.3, 0.4) is 0 Å². The highest BCUT2D eigenvalue weighted by atomic mass is 32.2. The monoisotopic (exact) mass is 510 g/mol. The van der Waals surface area contributed by atoms with Gasteiger partial charge >= 0.3 is 5.88 Å². The molecule has 0 fully saturated rings. The van der Waals surface area contributed by atoms with E-state index < -0.39 is 0 Å². The van der Waals surface area contributed by atoms with Crippen LogP contribution < -0.4 is 29.1 Å². The average molecular weight is 511 g/mol. The molecule has 0 aliphatic carbocycles. The third-order valence-electron chi connectivity index (χ3n) is 5.00. The van der Waals surface area contributed by atoms with E-state index in [4.69, 9.17) is 18.7 Å². The summed E-state index contributed by atoms with van der Waals surface area (Å²) in [4.78, 5) is 31.9. The van der Waals surface area contributed by atoms with Crippen LogP contribution in [0, 0.1) is 0 Å². The van der Waals surface area contributed by atoms with Crippen molar-refractivity contribution in [1.29, 1.82) is 0 Å². The van der Waals surface area contributed by atoms with Gasteiger partial charge in [0.15, 0.2) is 29.0 Å². The normalized spacial score (nSPS) is 14.1. The molecule has 0 spiro atoms. The Morgan fingerprint density at radius 1 is 1.14 bits per heavy atom. The van der Waals surface area contributed by atoms with Gasteiger partial charge in [-0.05, 0) is 35.9 Å². The Balaban J connectivity index is 1.63. The van der Waals surface area contributed by atoms with Gasteiger partial charge in [0.05, 0.1) is 32.8 Å². The molecular formula is C24H24N5O6S+. The second-order valence-corrected chi connectivity index (χ2v) is 8.38. The minimum absolute atomic E-state index is 0.00266. The molecule has 11 nitrogen and oxygen atoms in total. The molecule has 2 aromatic carbocycles. The van der Waals surface area contributed by atoms with Crippen molar-refractivity contribution < 1.29 is 33.0 Å². The Hall–Kier alpha value is -4.32. The number of amides is 2. The van der Waals surface area contributed by atoms with E-state index in [1.54, 1.807) is 37.4 Å². The maximum absolute atomic E-state index is 13.4. The summed E-state index contributed by atoms with van der Waals surface area (Å²) < 4.78 is 22.6. The van der Waals surface area contributed by atoms with Crippen molar-refractivity contribution in [3.8, 4) is 17.2 Å². The average Bonchev–Trinajstić information content (AvgIpc) is 3.44. The standard InChI is InChI=1S/C24H23N5O6S/c1-28-13-21(35-27-28)26-20(30)14-36-24-25-17(23(31)29(24)16-8-6-5-7-9-16)10-15-11-18(32-2)22(34-4)19(12-15)33-3/h5-13H,14H2,1-4H3/p+1/b17-10+. The lowest BCUT2D eigenvalue weighted by atomic mass is 10.1. The van der Waals surface area contributed by atoms with Crippen LogP contribution in [0.25, 0.3) is 6.08 Å².